The molecule has 0 N–H and O–H groups in total. The Hall–Kier alpha value is 0.944. The van der Waals surface area contributed by atoms with E-state index in [2.05, 4.69) is 19.6 Å². The van der Waals surface area contributed by atoms with Gasteiger partial charge >= 0.3 is 0 Å². The zero-order valence-electron chi connectivity index (χ0n) is 7.70. The fourth-order valence-electron chi connectivity index (χ4n) is 0.228. The third kappa shape index (κ3) is 7.31. The van der Waals surface area contributed by atoms with Gasteiger partial charge < -0.3 is 17.2 Å². The summed E-state index contributed by atoms with van der Waals surface area (Å²) in [5.41, 5.74) is 0. The first-order valence-corrected chi connectivity index (χ1v) is 2.64. The average molecular weight is 239 g/mol. The van der Waals surface area contributed by atoms with E-state index in [4.69, 9.17) is 1.37 Å². The predicted molar refractivity (Wildman–Crippen MR) is 34.3 cm³/mol. The molecule has 0 aromatic rings. The van der Waals surface area contributed by atoms with E-state index in [9.17, 15) is 0 Å². The summed E-state index contributed by atoms with van der Waals surface area (Å²) in [5.74, 6) is 0. The van der Waals surface area contributed by atoms with Crippen LogP contribution < -0.4 is 0 Å². The largest absolute Gasteiger partial charge is 0.410 e. The van der Waals surface area contributed by atoms with Crippen LogP contribution in [-0.4, -0.2) is 19.8 Å². The van der Waals surface area contributed by atoms with E-state index < -0.39 is 6.58 Å². The molecule has 1 unspecified atom stereocenters. The Bertz CT molecular complexity index is 89.5. The minimum absolute atomic E-state index is 0. The maximum absolute atomic E-state index is 6.73. The second kappa shape index (κ2) is 9.04. The van der Waals surface area contributed by atoms with E-state index in [1.54, 1.807) is 6.92 Å². The molecule has 0 aromatic carbocycles. The van der Waals surface area contributed by atoms with E-state index in [0.717, 1.165) is 13.2 Å². The van der Waals surface area contributed by atoms with Crippen LogP contribution in [-0.2, 0) is 52.3 Å². The first kappa shape index (κ1) is 11.9. The molecule has 1 atom stereocenters. The fourth-order valence-corrected chi connectivity index (χ4v) is 0.228. The standard InChI is InChI=1S/C3H5O2.C2H4O2.CH3.Y/c1-3-2-4-5-3;1-2-4-3-1;;/h2H2,1H3;1-2H2;1H3;/q-1;;-1;/i2T;;;. The van der Waals surface area contributed by atoms with Crippen LogP contribution in [0.15, 0.2) is 0 Å². The van der Waals surface area contributed by atoms with Crippen LogP contribution in [0.2, 0.25) is 0 Å². The summed E-state index contributed by atoms with van der Waals surface area (Å²) in [6.07, 6.45) is 0.634. The van der Waals surface area contributed by atoms with Crippen molar-refractivity contribution in [1.29, 1.82) is 0 Å². The zero-order valence-corrected chi connectivity index (χ0v) is 9.54. The second-order valence-electron chi connectivity index (χ2n) is 1.55. The van der Waals surface area contributed by atoms with Crippen molar-refractivity contribution in [3.63, 3.8) is 0 Å². The molecule has 4 nitrogen and oxygen atoms in total. The molecule has 2 rings (SSSR count). The van der Waals surface area contributed by atoms with Gasteiger partial charge in [0.15, 0.2) is 0 Å². The van der Waals surface area contributed by atoms with Crippen molar-refractivity contribution >= 4 is 0 Å². The maximum Gasteiger partial charge on any atom is 0.109 e. The molecule has 2 aliphatic rings. The Balaban J connectivity index is 0. The number of hydrogen-bond donors (Lipinski definition) is 0. The third-order valence-electron chi connectivity index (χ3n) is 0.727. The first-order chi connectivity index (χ1) is 4.80. The van der Waals surface area contributed by atoms with Gasteiger partial charge in [-0.15, -0.1) is 6.10 Å². The molecule has 11 heavy (non-hydrogen) atoms. The zero-order chi connectivity index (χ0) is 7.40. The predicted octanol–water partition coefficient (Wildman–Crippen LogP) is 0.896. The summed E-state index contributed by atoms with van der Waals surface area (Å²) in [4.78, 5) is 16.9. The van der Waals surface area contributed by atoms with Crippen LogP contribution in [0, 0.1) is 13.5 Å². The van der Waals surface area contributed by atoms with Crippen molar-refractivity contribution in [2.45, 2.75) is 6.92 Å². The number of hydrogen-bond acceptors (Lipinski definition) is 4. The molecule has 1 radical (unpaired) electrons. The smallest absolute Gasteiger partial charge is 0.109 e. The van der Waals surface area contributed by atoms with Gasteiger partial charge in [-0.05, 0) is 6.58 Å². The molecule has 5 heteroatoms. The van der Waals surface area contributed by atoms with Crippen molar-refractivity contribution in [3.05, 3.63) is 13.5 Å². The maximum atomic E-state index is 6.73. The normalized spacial score (nSPS) is 28.5. The summed E-state index contributed by atoms with van der Waals surface area (Å²) in [6.45, 7) is 2.74. The Labute approximate surface area is 93.7 Å². The van der Waals surface area contributed by atoms with Gasteiger partial charge in [-0.2, -0.15) is 6.92 Å². The Morgan fingerprint density at radius 1 is 1.27 bits per heavy atom. The monoisotopic (exact) mass is 239 g/mol. The van der Waals surface area contributed by atoms with Gasteiger partial charge in [-0.3, -0.25) is 0 Å². The van der Waals surface area contributed by atoms with E-state index >= 15 is 0 Å². The van der Waals surface area contributed by atoms with E-state index in [-0.39, 0.29) is 40.1 Å². The summed E-state index contributed by atoms with van der Waals surface area (Å²) in [6, 6.07) is 0. The molecule has 0 amide bonds. The van der Waals surface area contributed by atoms with Crippen LogP contribution in [0.5, 0.6) is 0 Å². The van der Waals surface area contributed by atoms with Gasteiger partial charge in [-0.1, -0.05) is 0 Å². The quantitative estimate of drug-likeness (QED) is 0.464. The van der Waals surface area contributed by atoms with Crippen molar-refractivity contribution < 1.29 is 53.6 Å². The van der Waals surface area contributed by atoms with Gasteiger partial charge in [0.1, 0.15) is 13.2 Å². The van der Waals surface area contributed by atoms with Gasteiger partial charge in [0.05, 0.1) is 0 Å². The van der Waals surface area contributed by atoms with Gasteiger partial charge in [-0.25, -0.2) is 9.78 Å². The molecule has 2 aliphatic heterocycles. The average Bonchev–Trinajstić information content (AvgIpc) is 1.80. The van der Waals surface area contributed by atoms with Gasteiger partial charge in [0.2, 0.25) is 0 Å². The third-order valence-corrected chi connectivity index (χ3v) is 0.727. The molecule has 2 heterocycles. The minimum Gasteiger partial charge on any atom is -0.410 e. The van der Waals surface area contributed by atoms with Crippen molar-refractivity contribution in [1.82, 2.24) is 0 Å². The van der Waals surface area contributed by atoms with Gasteiger partial charge in [0, 0.05) is 34.1 Å². The summed E-state index contributed by atoms with van der Waals surface area (Å²) in [5, 5.41) is 0. The topological polar surface area (TPSA) is 36.9 Å². The Morgan fingerprint density at radius 2 is 1.64 bits per heavy atom. The summed E-state index contributed by atoms with van der Waals surface area (Å²) in [7, 11) is 0. The van der Waals surface area contributed by atoms with Crippen molar-refractivity contribution in [3.8, 4) is 0 Å². The molecular formula is C6H12O4Y-2. The Kier molecular flexibility index (Phi) is 9.81. The molecular weight excluding hydrogens is 225 g/mol. The molecule has 0 spiro atoms. The van der Waals surface area contributed by atoms with Gasteiger partial charge in [0.25, 0.3) is 0 Å². The van der Waals surface area contributed by atoms with E-state index in [1.807, 2.05) is 0 Å². The molecule has 65 valence electrons. The van der Waals surface area contributed by atoms with Crippen LogP contribution in [0.4, 0.5) is 0 Å². The minimum atomic E-state index is -0.523. The molecule has 2 fully saturated rings. The summed E-state index contributed by atoms with van der Waals surface area (Å²) < 4.78 is 6.73. The second-order valence-corrected chi connectivity index (χ2v) is 1.55. The van der Waals surface area contributed by atoms with E-state index in [1.165, 1.54) is 0 Å². The van der Waals surface area contributed by atoms with E-state index in [0.29, 0.717) is 6.10 Å². The SMILES string of the molecule is C1COO1.[3H]C1OO[C-]1C.[CH3-].[Y]. The first-order valence-electron chi connectivity index (χ1n) is 3.22. The van der Waals surface area contributed by atoms with Crippen LogP contribution >= 0.6 is 0 Å². The molecule has 0 aliphatic carbocycles. The number of rotatable bonds is 0. The van der Waals surface area contributed by atoms with Crippen LogP contribution in [0.1, 0.15) is 8.29 Å². The van der Waals surface area contributed by atoms with Crippen molar-refractivity contribution in [2.24, 2.45) is 0 Å². The fraction of sp³-hybridized carbons (Fsp3) is 0.667. The van der Waals surface area contributed by atoms with Crippen LogP contribution in [0.3, 0.4) is 0 Å². The Morgan fingerprint density at radius 3 is 1.64 bits per heavy atom. The molecule has 0 saturated carbocycles. The van der Waals surface area contributed by atoms with Crippen LogP contribution in [0.25, 0.3) is 0 Å². The van der Waals surface area contributed by atoms with Crippen molar-refractivity contribution in [2.75, 3.05) is 19.8 Å². The molecule has 2 saturated heterocycles. The molecule has 0 bridgehead atoms. The summed E-state index contributed by atoms with van der Waals surface area (Å²) >= 11 is 0. The molecule has 0 aromatic heterocycles.